The molecule has 0 aromatic rings. The molecule has 0 rings (SSSR count). The second kappa shape index (κ2) is 7.85. The Morgan fingerprint density at radius 3 is 2.10 bits per heavy atom. The lowest BCUT2D eigenvalue weighted by atomic mass is 9.87. The molecular weight excluding hydrogens is 274 g/mol. The number of hydrogen-bond acceptors (Lipinski definition) is 3. The molecule has 0 aromatic carbocycles. The summed E-state index contributed by atoms with van der Waals surface area (Å²) in [6, 6.07) is -1.61. The molecular formula is C14H27N3O4. The van der Waals surface area contributed by atoms with Crippen LogP contribution in [-0.2, 0) is 9.59 Å². The van der Waals surface area contributed by atoms with Gasteiger partial charge in [-0.15, -0.1) is 0 Å². The topological polar surface area (TPSA) is 98.7 Å². The number of nitrogens with zero attached hydrogens (tertiary/aromatic N) is 1. The third-order valence-corrected chi connectivity index (χ3v) is 2.82. The molecule has 0 aliphatic carbocycles. The van der Waals surface area contributed by atoms with Crippen molar-refractivity contribution >= 4 is 17.9 Å². The van der Waals surface area contributed by atoms with E-state index in [0.717, 1.165) is 4.90 Å². The minimum absolute atomic E-state index is 0.116. The minimum atomic E-state index is -1.10. The molecule has 0 radical (unpaired) electrons. The summed E-state index contributed by atoms with van der Waals surface area (Å²) in [5.41, 5.74) is -0.623. The van der Waals surface area contributed by atoms with E-state index in [2.05, 4.69) is 10.6 Å². The number of rotatable bonds is 6. The van der Waals surface area contributed by atoms with E-state index in [0.29, 0.717) is 12.5 Å². The van der Waals surface area contributed by atoms with Gasteiger partial charge in [-0.2, -0.15) is 0 Å². The highest BCUT2D eigenvalue weighted by Gasteiger charge is 2.33. The average Bonchev–Trinajstić information content (AvgIpc) is 2.30. The molecule has 0 unspecified atom stereocenters. The van der Waals surface area contributed by atoms with Gasteiger partial charge in [0.05, 0.1) is 0 Å². The van der Waals surface area contributed by atoms with Gasteiger partial charge >= 0.3 is 12.0 Å². The fourth-order valence-corrected chi connectivity index (χ4v) is 1.54. The van der Waals surface area contributed by atoms with Crippen molar-refractivity contribution in [2.24, 2.45) is 11.3 Å². The first kappa shape index (κ1) is 19.2. The van der Waals surface area contributed by atoms with Gasteiger partial charge in [0.25, 0.3) is 0 Å². The predicted octanol–water partition coefficient (Wildman–Crippen LogP) is 0.899. The van der Waals surface area contributed by atoms with E-state index in [4.69, 9.17) is 5.11 Å². The molecule has 3 N–H and O–H groups in total. The number of carbonyl (C=O) groups excluding carboxylic acids is 2. The van der Waals surface area contributed by atoms with Gasteiger partial charge in [0.1, 0.15) is 12.6 Å². The van der Waals surface area contributed by atoms with Crippen molar-refractivity contribution in [3.8, 4) is 0 Å². The van der Waals surface area contributed by atoms with Crippen molar-refractivity contribution in [3.05, 3.63) is 0 Å². The van der Waals surface area contributed by atoms with Crippen molar-refractivity contribution in [1.82, 2.24) is 15.5 Å². The van der Waals surface area contributed by atoms with Crippen LogP contribution >= 0.6 is 0 Å². The summed E-state index contributed by atoms with van der Waals surface area (Å²) in [6.07, 6.45) is 0. The number of amides is 3. The van der Waals surface area contributed by atoms with Crippen molar-refractivity contribution in [3.63, 3.8) is 0 Å². The van der Waals surface area contributed by atoms with E-state index < -0.39 is 23.5 Å². The Morgan fingerprint density at radius 2 is 1.71 bits per heavy atom. The SMILES string of the molecule is CC(C)CNC(=O)CN(C)C(=O)N[C@@H](C(=O)O)C(C)(C)C. The molecule has 0 saturated heterocycles. The number of hydrogen-bond donors (Lipinski definition) is 3. The highest BCUT2D eigenvalue weighted by molar-refractivity contribution is 5.86. The van der Waals surface area contributed by atoms with Crippen LogP contribution in [0.1, 0.15) is 34.6 Å². The number of urea groups is 1. The van der Waals surface area contributed by atoms with Crippen LogP contribution in [-0.4, -0.2) is 54.1 Å². The molecule has 0 saturated carbocycles. The van der Waals surface area contributed by atoms with Crippen LogP contribution in [0, 0.1) is 11.3 Å². The maximum absolute atomic E-state index is 11.9. The van der Waals surface area contributed by atoms with Crippen molar-refractivity contribution in [2.45, 2.75) is 40.7 Å². The second-order valence-corrected chi connectivity index (χ2v) is 6.64. The van der Waals surface area contributed by atoms with Crippen molar-refractivity contribution < 1.29 is 19.5 Å². The van der Waals surface area contributed by atoms with E-state index in [9.17, 15) is 14.4 Å². The molecule has 0 bridgehead atoms. The fraction of sp³-hybridized carbons (Fsp3) is 0.786. The number of likely N-dealkylation sites (N-methyl/N-ethyl adjacent to an activating group) is 1. The second-order valence-electron chi connectivity index (χ2n) is 6.64. The van der Waals surface area contributed by atoms with Crippen LogP contribution in [0.25, 0.3) is 0 Å². The molecule has 0 heterocycles. The highest BCUT2D eigenvalue weighted by Crippen LogP contribution is 2.19. The average molecular weight is 301 g/mol. The first-order valence-corrected chi connectivity index (χ1v) is 6.96. The van der Waals surface area contributed by atoms with Gasteiger partial charge in [0, 0.05) is 13.6 Å². The zero-order valence-electron chi connectivity index (χ0n) is 13.7. The summed E-state index contributed by atoms with van der Waals surface area (Å²) in [7, 11) is 1.45. The lowest BCUT2D eigenvalue weighted by molar-refractivity contribution is -0.142. The van der Waals surface area contributed by atoms with Crippen LogP contribution in [0.15, 0.2) is 0 Å². The molecule has 0 aliphatic rings. The summed E-state index contributed by atoms with van der Waals surface area (Å²) >= 11 is 0. The maximum atomic E-state index is 11.9. The lowest BCUT2D eigenvalue weighted by Crippen LogP contribution is -2.53. The Kier molecular flexibility index (Phi) is 7.18. The Balaban J connectivity index is 4.50. The third-order valence-electron chi connectivity index (χ3n) is 2.82. The van der Waals surface area contributed by atoms with Crippen LogP contribution in [0.3, 0.4) is 0 Å². The Labute approximate surface area is 126 Å². The van der Waals surface area contributed by atoms with Gasteiger partial charge in [0.15, 0.2) is 0 Å². The number of carbonyl (C=O) groups is 3. The normalized spacial score (nSPS) is 12.7. The highest BCUT2D eigenvalue weighted by atomic mass is 16.4. The van der Waals surface area contributed by atoms with E-state index >= 15 is 0 Å². The number of carboxylic acids is 1. The largest absolute Gasteiger partial charge is 0.480 e. The standard InChI is InChI=1S/C14H27N3O4/c1-9(2)7-15-10(18)8-17(6)13(21)16-11(12(19)20)14(3,4)5/h9,11H,7-8H2,1-6H3,(H,15,18)(H,16,21)(H,19,20)/t11-/m0/s1. The van der Waals surface area contributed by atoms with E-state index in [1.807, 2.05) is 13.8 Å². The van der Waals surface area contributed by atoms with Gasteiger partial charge in [-0.1, -0.05) is 34.6 Å². The monoisotopic (exact) mass is 301 g/mol. The number of carboxylic acid groups (broad SMARTS) is 1. The van der Waals surface area contributed by atoms with Gasteiger partial charge in [-0.3, -0.25) is 4.79 Å². The van der Waals surface area contributed by atoms with Crippen LogP contribution in [0.4, 0.5) is 4.79 Å². The summed E-state index contributed by atoms with van der Waals surface area (Å²) in [6.45, 7) is 9.53. The molecule has 0 fully saturated rings. The summed E-state index contributed by atoms with van der Waals surface area (Å²) in [4.78, 5) is 35.9. The third kappa shape index (κ3) is 7.53. The first-order chi connectivity index (χ1) is 9.45. The summed E-state index contributed by atoms with van der Waals surface area (Å²) in [5.74, 6) is -1.05. The molecule has 0 aromatic heterocycles. The fourth-order valence-electron chi connectivity index (χ4n) is 1.54. The van der Waals surface area contributed by atoms with Gasteiger partial charge < -0.3 is 20.6 Å². The number of aliphatic carboxylic acids is 1. The van der Waals surface area contributed by atoms with Crippen LogP contribution in [0.2, 0.25) is 0 Å². The van der Waals surface area contributed by atoms with Gasteiger partial charge in [-0.25, -0.2) is 9.59 Å². The predicted molar refractivity (Wildman–Crippen MR) is 79.9 cm³/mol. The zero-order chi connectivity index (χ0) is 16.8. The first-order valence-electron chi connectivity index (χ1n) is 6.96. The lowest BCUT2D eigenvalue weighted by Gasteiger charge is -2.29. The van der Waals surface area contributed by atoms with Crippen LogP contribution < -0.4 is 10.6 Å². The number of nitrogens with one attached hydrogen (secondary N) is 2. The maximum Gasteiger partial charge on any atom is 0.326 e. The Bertz CT molecular complexity index is 388. The molecule has 1 atom stereocenters. The molecule has 122 valence electrons. The van der Waals surface area contributed by atoms with Crippen molar-refractivity contribution in [2.75, 3.05) is 20.1 Å². The summed E-state index contributed by atoms with van der Waals surface area (Å²) < 4.78 is 0. The summed E-state index contributed by atoms with van der Waals surface area (Å²) in [5, 5.41) is 14.3. The van der Waals surface area contributed by atoms with Gasteiger partial charge in [0.2, 0.25) is 5.91 Å². The minimum Gasteiger partial charge on any atom is -0.480 e. The van der Waals surface area contributed by atoms with Crippen molar-refractivity contribution in [1.29, 1.82) is 0 Å². The van der Waals surface area contributed by atoms with E-state index in [1.165, 1.54) is 7.05 Å². The quantitative estimate of drug-likeness (QED) is 0.678. The van der Waals surface area contributed by atoms with E-state index in [1.54, 1.807) is 20.8 Å². The smallest absolute Gasteiger partial charge is 0.326 e. The molecule has 7 nitrogen and oxygen atoms in total. The van der Waals surface area contributed by atoms with E-state index in [-0.39, 0.29) is 12.5 Å². The molecule has 0 spiro atoms. The Morgan fingerprint density at radius 1 is 1.19 bits per heavy atom. The van der Waals surface area contributed by atoms with Crippen LogP contribution in [0.5, 0.6) is 0 Å². The van der Waals surface area contributed by atoms with Gasteiger partial charge in [-0.05, 0) is 11.3 Å². The zero-order valence-corrected chi connectivity index (χ0v) is 13.7. The molecule has 0 aliphatic heterocycles. The Hall–Kier alpha value is -1.79. The molecule has 7 heteroatoms. The molecule has 3 amide bonds. The molecule has 21 heavy (non-hydrogen) atoms.